The van der Waals surface area contributed by atoms with Crippen molar-refractivity contribution in [3.63, 3.8) is 0 Å². The number of rotatable bonds is 4. The summed E-state index contributed by atoms with van der Waals surface area (Å²) in [5.41, 5.74) is 3.32. The van der Waals surface area contributed by atoms with Gasteiger partial charge in [0, 0.05) is 25.5 Å². The number of nitrogens with one attached hydrogen (secondary N) is 1. The average molecular weight is 261 g/mol. The monoisotopic (exact) mass is 261 g/mol. The maximum atomic E-state index is 4.59. The first-order valence-electron chi connectivity index (χ1n) is 6.71. The molecule has 1 N–H and O–H groups in total. The van der Waals surface area contributed by atoms with E-state index in [9.17, 15) is 0 Å². The molecule has 0 aromatic carbocycles. The van der Waals surface area contributed by atoms with E-state index in [1.807, 2.05) is 30.9 Å². The van der Waals surface area contributed by atoms with Crippen LogP contribution in [0.2, 0.25) is 0 Å². The lowest BCUT2D eigenvalue weighted by Crippen LogP contribution is -2.13. The van der Waals surface area contributed by atoms with Gasteiger partial charge in [-0.3, -0.25) is 4.68 Å². The van der Waals surface area contributed by atoms with E-state index in [1.165, 1.54) is 5.69 Å². The predicted octanol–water partition coefficient (Wildman–Crippen LogP) is 2.99. The Bertz CT molecular complexity index is 564. The average Bonchev–Trinajstić information content (AvgIpc) is 2.87. The van der Waals surface area contributed by atoms with Gasteiger partial charge in [0.25, 0.3) is 0 Å². The second-order valence-corrected chi connectivity index (χ2v) is 5.35. The summed E-state index contributed by atoms with van der Waals surface area (Å²) in [5, 5.41) is 8.12. The Morgan fingerprint density at radius 1 is 1.21 bits per heavy atom. The van der Waals surface area contributed by atoms with Crippen molar-refractivity contribution in [2.24, 2.45) is 7.05 Å². The molecule has 0 spiro atoms. The van der Waals surface area contributed by atoms with Crippen molar-refractivity contribution in [1.82, 2.24) is 19.3 Å². The molecule has 0 radical (unpaired) electrons. The van der Waals surface area contributed by atoms with Gasteiger partial charge in [0.15, 0.2) is 0 Å². The summed E-state index contributed by atoms with van der Waals surface area (Å²) < 4.78 is 4.10. The molecule has 0 aliphatic carbocycles. The summed E-state index contributed by atoms with van der Waals surface area (Å²) in [6, 6.07) is 0.528. The van der Waals surface area contributed by atoms with Crippen LogP contribution in [0.4, 0.5) is 5.69 Å². The predicted molar refractivity (Wildman–Crippen MR) is 77.3 cm³/mol. The molecule has 2 rings (SSSR count). The Morgan fingerprint density at radius 3 is 2.37 bits per heavy atom. The number of aromatic nitrogens is 4. The maximum Gasteiger partial charge on any atom is 0.130 e. The molecule has 0 amide bonds. The number of hydrogen-bond donors (Lipinski definition) is 1. The molecule has 0 aliphatic heterocycles. The molecule has 0 fully saturated rings. The van der Waals surface area contributed by atoms with E-state index >= 15 is 0 Å². The van der Waals surface area contributed by atoms with Crippen LogP contribution in [0.25, 0.3) is 0 Å². The van der Waals surface area contributed by atoms with Crippen molar-refractivity contribution >= 4 is 5.69 Å². The Hall–Kier alpha value is -1.78. The van der Waals surface area contributed by atoms with Crippen molar-refractivity contribution in [3.8, 4) is 0 Å². The Labute approximate surface area is 114 Å². The quantitative estimate of drug-likeness (QED) is 0.920. The highest BCUT2D eigenvalue weighted by atomic mass is 15.3. The normalized spacial score (nSPS) is 13.0. The van der Waals surface area contributed by atoms with Crippen LogP contribution in [0, 0.1) is 13.8 Å². The molecule has 19 heavy (non-hydrogen) atoms. The Kier molecular flexibility index (Phi) is 3.64. The van der Waals surface area contributed by atoms with Crippen molar-refractivity contribution < 1.29 is 0 Å². The fourth-order valence-corrected chi connectivity index (χ4v) is 2.45. The number of aryl methyl sites for hydroxylation is 2. The highest BCUT2D eigenvalue weighted by Gasteiger charge is 2.17. The molecule has 2 heterocycles. The highest BCUT2D eigenvalue weighted by Crippen LogP contribution is 2.26. The highest BCUT2D eigenvalue weighted by molar-refractivity contribution is 5.53. The number of imidazole rings is 1. The standard InChI is InChI=1S/C14H23N5/c1-9(2)19-12(5)13(10(3)17-19)16-11(4)14-15-7-8-18(14)6/h7-9,11,16H,1-6H3. The minimum Gasteiger partial charge on any atom is -0.372 e. The van der Waals surface area contributed by atoms with Crippen molar-refractivity contribution in [2.45, 2.75) is 46.7 Å². The molecule has 2 aromatic rings. The van der Waals surface area contributed by atoms with Gasteiger partial charge in [-0.25, -0.2) is 4.98 Å². The summed E-state index contributed by atoms with van der Waals surface area (Å²) >= 11 is 0. The van der Waals surface area contributed by atoms with Crippen molar-refractivity contribution in [2.75, 3.05) is 5.32 Å². The number of hydrogen-bond acceptors (Lipinski definition) is 3. The van der Waals surface area contributed by atoms with E-state index in [1.54, 1.807) is 0 Å². The van der Waals surface area contributed by atoms with Gasteiger partial charge in [-0.1, -0.05) is 0 Å². The van der Waals surface area contributed by atoms with E-state index in [0.717, 1.165) is 17.2 Å². The van der Waals surface area contributed by atoms with Crippen molar-refractivity contribution in [1.29, 1.82) is 0 Å². The molecule has 0 saturated heterocycles. The molecule has 0 bridgehead atoms. The van der Waals surface area contributed by atoms with Gasteiger partial charge in [0.2, 0.25) is 0 Å². The lowest BCUT2D eigenvalue weighted by atomic mass is 10.2. The zero-order valence-electron chi connectivity index (χ0n) is 12.6. The van der Waals surface area contributed by atoms with Crippen LogP contribution in [0.3, 0.4) is 0 Å². The minimum absolute atomic E-state index is 0.155. The first-order chi connectivity index (χ1) is 8.91. The van der Waals surface area contributed by atoms with Crippen LogP contribution in [0.1, 0.15) is 50.1 Å². The zero-order chi connectivity index (χ0) is 14.2. The van der Waals surface area contributed by atoms with Gasteiger partial charge < -0.3 is 9.88 Å². The summed E-state index contributed by atoms with van der Waals surface area (Å²) in [4.78, 5) is 4.39. The minimum atomic E-state index is 0.155. The van der Waals surface area contributed by atoms with Crippen molar-refractivity contribution in [3.05, 3.63) is 29.6 Å². The van der Waals surface area contributed by atoms with Gasteiger partial charge in [0.05, 0.1) is 23.1 Å². The number of anilines is 1. The smallest absolute Gasteiger partial charge is 0.130 e. The SMILES string of the molecule is Cc1nn(C(C)C)c(C)c1NC(C)c1nccn1C. The Balaban J connectivity index is 2.27. The first-order valence-corrected chi connectivity index (χ1v) is 6.71. The molecule has 1 atom stereocenters. The molecule has 104 valence electrons. The largest absolute Gasteiger partial charge is 0.372 e. The van der Waals surface area contributed by atoms with Gasteiger partial charge in [0.1, 0.15) is 5.82 Å². The van der Waals surface area contributed by atoms with E-state index in [0.29, 0.717) is 6.04 Å². The lowest BCUT2D eigenvalue weighted by molar-refractivity contribution is 0.516. The molecular formula is C14H23N5. The second kappa shape index (κ2) is 5.07. The molecule has 1 unspecified atom stereocenters. The molecule has 5 nitrogen and oxygen atoms in total. The van der Waals surface area contributed by atoms with E-state index in [4.69, 9.17) is 0 Å². The third-order valence-electron chi connectivity index (χ3n) is 3.42. The summed E-state index contributed by atoms with van der Waals surface area (Å²) in [7, 11) is 2.01. The van der Waals surface area contributed by atoms with Gasteiger partial charge in [-0.2, -0.15) is 5.10 Å². The molecular weight excluding hydrogens is 238 g/mol. The Morgan fingerprint density at radius 2 is 1.89 bits per heavy atom. The molecule has 0 aliphatic rings. The fourth-order valence-electron chi connectivity index (χ4n) is 2.45. The van der Waals surface area contributed by atoms with E-state index < -0.39 is 0 Å². The second-order valence-electron chi connectivity index (χ2n) is 5.35. The fraction of sp³-hybridized carbons (Fsp3) is 0.571. The lowest BCUT2D eigenvalue weighted by Gasteiger charge is -2.16. The number of nitrogens with zero attached hydrogens (tertiary/aromatic N) is 4. The zero-order valence-corrected chi connectivity index (χ0v) is 12.6. The van der Waals surface area contributed by atoms with Crippen LogP contribution in [-0.4, -0.2) is 19.3 Å². The van der Waals surface area contributed by atoms with Gasteiger partial charge >= 0.3 is 0 Å². The topological polar surface area (TPSA) is 47.7 Å². The van der Waals surface area contributed by atoms with E-state index in [-0.39, 0.29) is 6.04 Å². The van der Waals surface area contributed by atoms with E-state index in [2.05, 4.69) is 47.8 Å². The van der Waals surface area contributed by atoms with Crippen LogP contribution >= 0.6 is 0 Å². The van der Waals surface area contributed by atoms with Crippen LogP contribution in [-0.2, 0) is 7.05 Å². The maximum absolute atomic E-state index is 4.59. The summed E-state index contributed by atoms with van der Waals surface area (Å²) in [5.74, 6) is 1.02. The third kappa shape index (κ3) is 2.50. The van der Waals surface area contributed by atoms with Crippen LogP contribution in [0.15, 0.2) is 12.4 Å². The van der Waals surface area contributed by atoms with Crippen LogP contribution in [0.5, 0.6) is 0 Å². The molecule has 2 aromatic heterocycles. The molecule has 0 saturated carbocycles. The molecule has 5 heteroatoms. The summed E-state index contributed by atoms with van der Waals surface area (Å²) in [6.45, 7) is 10.6. The summed E-state index contributed by atoms with van der Waals surface area (Å²) in [6.07, 6.45) is 3.79. The first kappa shape index (κ1) is 13.6. The van der Waals surface area contributed by atoms with Gasteiger partial charge in [-0.15, -0.1) is 0 Å². The third-order valence-corrected chi connectivity index (χ3v) is 3.42. The van der Waals surface area contributed by atoms with Gasteiger partial charge in [-0.05, 0) is 34.6 Å². The van der Waals surface area contributed by atoms with Crippen LogP contribution < -0.4 is 5.32 Å².